The van der Waals surface area contributed by atoms with Gasteiger partial charge in [-0.05, 0) is 36.8 Å². The van der Waals surface area contributed by atoms with Crippen LogP contribution in [-0.2, 0) is 16.1 Å². The van der Waals surface area contributed by atoms with Crippen molar-refractivity contribution < 1.29 is 19.1 Å². The summed E-state index contributed by atoms with van der Waals surface area (Å²) < 4.78 is 9.84. The summed E-state index contributed by atoms with van der Waals surface area (Å²) in [6, 6.07) is 13.9. The maximum atomic E-state index is 11.9. The second kappa shape index (κ2) is 6.70. The third-order valence-electron chi connectivity index (χ3n) is 3.03. The average molecular weight is 284 g/mol. The van der Waals surface area contributed by atoms with Crippen LogP contribution in [0.4, 0.5) is 0 Å². The molecule has 0 heterocycles. The maximum Gasteiger partial charge on any atom is 0.338 e. The Bertz CT molecular complexity index is 627. The van der Waals surface area contributed by atoms with Gasteiger partial charge in [0.05, 0.1) is 18.2 Å². The van der Waals surface area contributed by atoms with Crippen molar-refractivity contribution in [1.82, 2.24) is 0 Å². The second-order valence-electron chi connectivity index (χ2n) is 4.63. The monoisotopic (exact) mass is 284 g/mol. The normalized spacial score (nSPS) is 10.0. The highest BCUT2D eigenvalue weighted by molar-refractivity contribution is 5.90. The first kappa shape index (κ1) is 14.8. The Hall–Kier alpha value is -2.62. The molecule has 0 aromatic heterocycles. The van der Waals surface area contributed by atoms with E-state index in [-0.39, 0.29) is 12.6 Å². The fourth-order valence-corrected chi connectivity index (χ4v) is 1.78. The molecular formula is C17H16O4. The lowest BCUT2D eigenvalue weighted by Gasteiger charge is -2.06. The van der Waals surface area contributed by atoms with E-state index in [4.69, 9.17) is 4.74 Å². The molecule has 2 aromatic carbocycles. The summed E-state index contributed by atoms with van der Waals surface area (Å²) in [7, 11) is 1.33. The van der Waals surface area contributed by atoms with E-state index in [0.29, 0.717) is 11.1 Å². The van der Waals surface area contributed by atoms with Crippen molar-refractivity contribution in [3.05, 3.63) is 70.8 Å². The molecule has 21 heavy (non-hydrogen) atoms. The average Bonchev–Trinajstić information content (AvgIpc) is 2.53. The fraction of sp³-hybridized carbons (Fsp3) is 0.176. The van der Waals surface area contributed by atoms with Gasteiger partial charge in [-0.2, -0.15) is 0 Å². The van der Waals surface area contributed by atoms with Crippen LogP contribution in [0.3, 0.4) is 0 Å². The largest absolute Gasteiger partial charge is 0.465 e. The molecule has 0 amide bonds. The molecule has 0 aliphatic heterocycles. The molecule has 0 spiro atoms. The smallest absolute Gasteiger partial charge is 0.338 e. The van der Waals surface area contributed by atoms with Crippen molar-refractivity contribution in [2.45, 2.75) is 13.5 Å². The van der Waals surface area contributed by atoms with E-state index < -0.39 is 5.97 Å². The van der Waals surface area contributed by atoms with E-state index in [1.165, 1.54) is 7.11 Å². The van der Waals surface area contributed by atoms with Crippen LogP contribution in [0.5, 0.6) is 0 Å². The van der Waals surface area contributed by atoms with Crippen LogP contribution in [0.2, 0.25) is 0 Å². The number of ether oxygens (including phenoxy) is 2. The van der Waals surface area contributed by atoms with Crippen LogP contribution in [0.1, 0.15) is 31.8 Å². The molecule has 4 nitrogen and oxygen atoms in total. The van der Waals surface area contributed by atoms with Gasteiger partial charge in [0.25, 0.3) is 0 Å². The maximum absolute atomic E-state index is 11.9. The van der Waals surface area contributed by atoms with Crippen molar-refractivity contribution in [2.24, 2.45) is 0 Å². The summed E-state index contributed by atoms with van der Waals surface area (Å²) in [6.07, 6.45) is 0. The molecular weight excluding hydrogens is 268 g/mol. The van der Waals surface area contributed by atoms with Crippen LogP contribution in [0, 0.1) is 6.92 Å². The quantitative estimate of drug-likeness (QED) is 0.809. The Labute approximate surface area is 123 Å². The predicted molar refractivity (Wildman–Crippen MR) is 78.1 cm³/mol. The first-order chi connectivity index (χ1) is 10.1. The van der Waals surface area contributed by atoms with Crippen LogP contribution in [0.25, 0.3) is 0 Å². The van der Waals surface area contributed by atoms with Crippen molar-refractivity contribution in [1.29, 1.82) is 0 Å². The van der Waals surface area contributed by atoms with E-state index in [0.717, 1.165) is 11.1 Å². The first-order valence-electron chi connectivity index (χ1n) is 6.51. The van der Waals surface area contributed by atoms with E-state index in [9.17, 15) is 9.59 Å². The molecule has 0 unspecified atom stereocenters. The van der Waals surface area contributed by atoms with Crippen molar-refractivity contribution in [3.8, 4) is 0 Å². The number of aryl methyl sites for hydroxylation is 1. The number of methoxy groups -OCH3 is 1. The minimum Gasteiger partial charge on any atom is -0.465 e. The molecule has 0 fully saturated rings. The standard InChI is InChI=1S/C17H16O4/c1-12-3-7-15(8-4-12)17(19)21-11-13-5-9-14(10-6-13)16(18)20-2/h3-10H,11H2,1-2H3. The molecule has 0 N–H and O–H groups in total. The summed E-state index contributed by atoms with van der Waals surface area (Å²) in [6.45, 7) is 2.12. The Kier molecular flexibility index (Phi) is 4.72. The van der Waals surface area contributed by atoms with Gasteiger partial charge < -0.3 is 9.47 Å². The van der Waals surface area contributed by atoms with Crippen LogP contribution in [-0.4, -0.2) is 19.0 Å². The van der Waals surface area contributed by atoms with Crippen molar-refractivity contribution >= 4 is 11.9 Å². The molecule has 4 heteroatoms. The topological polar surface area (TPSA) is 52.6 Å². The second-order valence-corrected chi connectivity index (χ2v) is 4.63. The van der Waals surface area contributed by atoms with Crippen molar-refractivity contribution in [3.63, 3.8) is 0 Å². The summed E-state index contributed by atoms with van der Waals surface area (Å²) in [5, 5.41) is 0. The van der Waals surface area contributed by atoms with Gasteiger partial charge in [-0.3, -0.25) is 0 Å². The van der Waals surface area contributed by atoms with Gasteiger partial charge in [-0.15, -0.1) is 0 Å². The van der Waals surface area contributed by atoms with E-state index in [1.807, 2.05) is 19.1 Å². The molecule has 2 rings (SSSR count). The summed E-state index contributed by atoms with van der Waals surface area (Å²) in [5.74, 6) is -0.759. The Morgan fingerprint density at radius 3 is 1.95 bits per heavy atom. The van der Waals surface area contributed by atoms with Gasteiger partial charge in [0.2, 0.25) is 0 Å². The first-order valence-corrected chi connectivity index (χ1v) is 6.51. The molecule has 0 saturated carbocycles. The van der Waals surface area contributed by atoms with E-state index >= 15 is 0 Å². The van der Waals surface area contributed by atoms with Crippen LogP contribution < -0.4 is 0 Å². The highest BCUT2D eigenvalue weighted by Crippen LogP contribution is 2.10. The van der Waals surface area contributed by atoms with Crippen molar-refractivity contribution in [2.75, 3.05) is 7.11 Å². The lowest BCUT2D eigenvalue weighted by molar-refractivity contribution is 0.0471. The van der Waals surface area contributed by atoms with Gasteiger partial charge in [0.15, 0.2) is 0 Å². The highest BCUT2D eigenvalue weighted by Gasteiger charge is 2.08. The van der Waals surface area contributed by atoms with Gasteiger partial charge in [-0.25, -0.2) is 9.59 Å². The highest BCUT2D eigenvalue weighted by atomic mass is 16.5. The third-order valence-corrected chi connectivity index (χ3v) is 3.03. The number of hydrogen-bond acceptors (Lipinski definition) is 4. The zero-order chi connectivity index (χ0) is 15.2. The molecule has 2 aromatic rings. The lowest BCUT2D eigenvalue weighted by Crippen LogP contribution is -2.06. The summed E-state index contributed by atoms with van der Waals surface area (Å²) in [5.41, 5.74) is 2.88. The SMILES string of the molecule is COC(=O)c1ccc(COC(=O)c2ccc(C)cc2)cc1. The van der Waals surface area contributed by atoms with E-state index in [2.05, 4.69) is 4.74 Å². The Morgan fingerprint density at radius 1 is 0.857 bits per heavy atom. The molecule has 0 atom stereocenters. The minimum absolute atomic E-state index is 0.161. The molecule has 0 aliphatic rings. The molecule has 0 bridgehead atoms. The number of rotatable bonds is 4. The molecule has 0 aliphatic carbocycles. The van der Waals surface area contributed by atoms with Crippen LogP contribution >= 0.6 is 0 Å². The van der Waals surface area contributed by atoms with Gasteiger partial charge in [0, 0.05) is 0 Å². The molecule has 108 valence electrons. The number of carbonyl (C=O) groups is 2. The zero-order valence-corrected chi connectivity index (χ0v) is 12.0. The summed E-state index contributed by atoms with van der Waals surface area (Å²) in [4.78, 5) is 23.2. The molecule has 0 saturated heterocycles. The van der Waals surface area contributed by atoms with Gasteiger partial charge in [0.1, 0.15) is 6.61 Å². The van der Waals surface area contributed by atoms with Crippen LogP contribution in [0.15, 0.2) is 48.5 Å². The lowest BCUT2D eigenvalue weighted by atomic mass is 10.1. The molecule has 0 radical (unpaired) electrons. The van der Waals surface area contributed by atoms with E-state index in [1.54, 1.807) is 36.4 Å². The summed E-state index contributed by atoms with van der Waals surface area (Å²) >= 11 is 0. The minimum atomic E-state index is -0.391. The fourth-order valence-electron chi connectivity index (χ4n) is 1.78. The predicted octanol–water partition coefficient (Wildman–Crippen LogP) is 3.14. The zero-order valence-electron chi connectivity index (χ0n) is 12.0. The number of carbonyl (C=O) groups excluding carboxylic acids is 2. The Balaban J connectivity index is 1.95. The number of esters is 2. The Morgan fingerprint density at radius 2 is 1.38 bits per heavy atom. The number of benzene rings is 2. The van der Waals surface area contributed by atoms with Gasteiger partial charge >= 0.3 is 11.9 Å². The third kappa shape index (κ3) is 3.92. The number of hydrogen-bond donors (Lipinski definition) is 0. The van der Waals surface area contributed by atoms with Gasteiger partial charge in [-0.1, -0.05) is 29.8 Å².